The SMILES string of the molecule is CCNc1cc(NCC2CC2(C)C)nc(CC)n1. The summed E-state index contributed by atoms with van der Waals surface area (Å²) in [6.07, 6.45) is 2.18. The molecule has 0 saturated heterocycles. The molecule has 0 amide bonds. The summed E-state index contributed by atoms with van der Waals surface area (Å²) in [6.45, 7) is 10.7. The first-order chi connectivity index (χ1) is 8.55. The predicted octanol–water partition coefficient (Wildman–Crippen LogP) is 2.93. The Kier molecular flexibility index (Phi) is 3.73. The van der Waals surface area contributed by atoms with Crippen LogP contribution in [0.4, 0.5) is 11.6 Å². The highest BCUT2D eigenvalue weighted by atomic mass is 15.1. The fraction of sp³-hybridized carbons (Fsp3) is 0.714. The van der Waals surface area contributed by atoms with E-state index in [0.717, 1.165) is 42.9 Å². The minimum atomic E-state index is 0.512. The average Bonchev–Trinajstić information content (AvgIpc) is 2.95. The fourth-order valence-electron chi connectivity index (χ4n) is 2.17. The maximum absolute atomic E-state index is 4.52. The average molecular weight is 248 g/mol. The summed E-state index contributed by atoms with van der Waals surface area (Å²) in [5.74, 6) is 3.54. The van der Waals surface area contributed by atoms with Crippen molar-refractivity contribution in [2.45, 2.75) is 40.5 Å². The highest BCUT2D eigenvalue weighted by Gasteiger charge is 2.44. The third-order valence-corrected chi connectivity index (χ3v) is 3.69. The second-order valence-electron chi connectivity index (χ2n) is 5.71. The van der Waals surface area contributed by atoms with Crippen LogP contribution in [0.5, 0.6) is 0 Å². The van der Waals surface area contributed by atoms with Crippen LogP contribution in [0.3, 0.4) is 0 Å². The van der Waals surface area contributed by atoms with Gasteiger partial charge in [0, 0.05) is 25.6 Å². The Labute approximate surface area is 110 Å². The molecule has 0 aromatic carbocycles. The molecule has 4 heteroatoms. The number of rotatable bonds is 6. The zero-order chi connectivity index (χ0) is 13.2. The van der Waals surface area contributed by atoms with Crippen LogP contribution < -0.4 is 10.6 Å². The Morgan fingerprint density at radius 2 is 1.83 bits per heavy atom. The maximum atomic E-state index is 4.52. The fourth-order valence-corrected chi connectivity index (χ4v) is 2.17. The van der Waals surface area contributed by atoms with Gasteiger partial charge >= 0.3 is 0 Å². The van der Waals surface area contributed by atoms with Crippen LogP contribution in [0.2, 0.25) is 0 Å². The molecule has 0 bridgehead atoms. The van der Waals surface area contributed by atoms with Gasteiger partial charge in [0.1, 0.15) is 17.5 Å². The van der Waals surface area contributed by atoms with Crippen molar-refractivity contribution in [3.05, 3.63) is 11.9 Å². The molecule has 1 aliphatic carbocycles. The molecule has 2 N–H and O–H groups in total. The van der Waals surface area contributed by atoms with E-state index in [2.05, 4.69) is 48.3 Å². The van der Waals surface area contributed by atoms with Gasteiger partial charge in [0.05, 0.1) is 0 Å². The predicted molar refractivity (Wildman–Crippen MR) is 76.0 cm³/mol. The molecule has 1 fully saturated rings. The Hall–Kier alpha value is -1.32. The van der Waals surface area contributed by atoms with Gasteiger partial charge in [-0.3, -0.25) is 0 Å². The highest BCUT2D eigenvalue weighted by molar-refractivity contribution is 5.47. The van der Waals surface area contributed by atoms with Crippen molar-refractivity contribution >= 4 is 11.6 Å². The number of anilines is 2. The molecule has 0 radical (unpaired) electrons. The third-order valence-electron chi connectivity index (χ3n) is 3.69. The van der Waals surface area contributed by atoms with Crippen LogP contribution in [-0.4, -0.2) is 23.1 Å². The number of hydrogen-bond donors (Lipinski definition) is 2. The number of aromatic nitrogens is 2. The first-order valence-corrected chi connectivity index (χ1v) is 6.91. The van der Waals surface area contributed by atoms with Crippen LogP contribution in [0, 0.1) is 11.3 Å². The molecule has 0 aliphatic heterocycles. The van der Waals surface area contributed by atoms with Crippen molar-refractivity contribution in [3.63, 3.8) is 0 Å². The first-order valence-electron chi connectivity index (χ1n) is 6.91. The zero-order valence-electron chi connectivity index (χ0n) is 11.9. The lowest BCUT2D eigenvalue weighted by atomic mass is 10.1. The van der Waals surface area contributed by atoms with Crippen molar-refractivity contribution in [2.24, 2.45) is 11.3 Å². The number of nitrogens with one attached hydrogen (secondary N) is 2. The molecule has 1 heterocycles. The van der Waals surface area contributed by atoms with Crippen LogP contribution in [0.1, 0.15) is 39.9 Å². The lowest BCUT2D eigenvalue weighted by Crippen LogP contribution is -2.11. The van der Waals surface area contributed by atoms with E-state index in [1.807, 2.05) is 6.07 Å². The molecule has 1 aliphatic rings. The van der Waals surface area contributed by atoms with Gasteiger partial charge in [0.25, 0.3) is 0 Å². The van der Waals surface area contributed by atoms with Crippen molar-refractivity contribution in [1.29, 1.82) is 0 Å². The van der Waals surface area contributed by atoms with E-state index in [-0.39, 0.29) is 0 Å². The molecule has 1 unspecified atom stereocenters. The molecule has 2 rings (SSSR count). The molecule has 0 spiro atoms. The van der Waals surface area contributed by atoms with Crippen molar-refractivity contribution in [1.82, 2.24) is 9.97 Å². The zero-order valence-corrected chi connectivity index (χ0v) is 11.9. The third kappa shape index (κ3) is 3.12. The highest BCUT2D eigenvalue weighted by Crippen LogP contribution is 2.51. The lowest BCUT2D eigenvalue weighted by Gasteiger charge is -2.10. The molecule has 1 saturated carbocycles. The quantitative estimate of drug-likeness (QED) is 0.812. The van der Waals surface area contributed by atoms with Gasteiger partial charge in [0.15, 0.2) is 0 Å². The molecule has 1 aromatic heterocycles. The topological polar surface area (TPSA) is 49.8 Å². The van der Waals surface area contributed by atoms with Gasteiger partial charge in [-0.15, -0.1) is 0 Å². The lowest BCUT2D eigenvalue weighted by molar-refractivity contribution is 0.572. The molecular formula is C14H24N4. The minimum Gasteiger partial charge on any atom is -0.370 e. The van der Waals surface area contributed by atoms with Crippen molar-refractivity contribution in [2.75, 3.05) is 23.7 Å². The van der Waals surface area contributed by atoms with E-state index in [1.165, 1.54) is 6.42 Å². The Morgan fingerprint density at radius 3 is 2.33 bits per heavy atom. The summed E-state index contributed by atoms with van der Waals surface area (Å²) in [4.78, 5) is 8.97. The second-order valence-corrected chi connectivity index (χ2v) is 5.71. The summed E-state index contributed by atoms with van der Waals surface area (Å²) >= 11 is 0. The Balaban J connectivity index is 2.00. The standard InChI is InChI=1S/C14H24N4/c1-5-11-17-12(15-6-2)7-13(18-11)16-9-10-8-14(10,3)4/h7,10H,5-6,8-9H2,1-4H3,(H2,15,16,17,18). The number of aryl methyl sites for hydroxylation is 1. The largest absolute Gasteiger partial charge is 0.370 e. The van der Waals surface area contributed by atoms with Gasteiger partial charge in [-0.05, 0) is 24.7 Å². The maximum Gasteiger partial charge on any atom is 0.132 e. The summed E-state index contributed by atoms with van der Waals surface area (Å²) in [6, 6.07) is 2.00. The smallest absolute Gasteiger partial charge is 0.132 e. The van der Waals surface area contributed by atoms with Gasteiger partial charge < -0.3 is 10.6 Å². The second kappa shape index (κ2) is 5.12. The van der Waals surface area contributed by atoms with Crippen LogP contribution in [-0.2, 0) is 6.42 Å². The summed E-state index contributed by atoms with van der Waals surface area (Å²) in [5.41, 5.74) is 0.512. The van der Waals surface area contributed by atoms with Crippen molar-refractivity contribution < 1.29 is 0 Å². The summed E-state index contributed by atoms with van der Waals surface area (Å²) in [5, 5.41) is 6.70. The molecule has 4 nitrogen and oxygen atoms in total. The number of hydrogen-bond acceptors (Lipinski definition) is 4. The molecule has 1 aromatic rings. The van der Waals surface area contributed by atoms with Crippen LogP contribution in [0.15, 0.2) is 6.07 Å². The molecule has 1 atom stereocenters. The van der Waals surface area contributed by atoms with Crippen molar-refractivity contribution in [3.8, 4) is 0 Å². The molecule has 18 heavy (non-hydrogen) atoms. The molecular weight excluding hydrogens is 224 g/mol. The monoisotopic (exact) mass is 248 g/mol. The van der Waals surface area contributed by atoms with Gasteiger partial charge in [-0.1, -0.05) is 20.8 Å². The van der Waals surface area contributed by atoms with E-state index < -0.39 is 0 Å². The Morgan fingerprint density at radius 1 is 1.22 bits per heavy atom. The number of nitrogens with zero attached hydrogens (tertiary/aromatic N) is 2. The summed E-state index contributed by atoms with van der Waals surface area (Å²) < 4.78 is 0. The Bertz CT molecular complexity index is 414. The van der Waals surface area contributed by atoms with E-state index in [4.69, 9.17) is 0 Å². The van der Waals surface area contributed by atoms with Gasteiger partial charge in [0.2, 0.25) is 0 Å². The van der Waals surface area contributed by atoms with Crippen LogP contribution >= 0.6 is 0 Å². The van der Waals surface area contributed by atoms with Gasteiger partial charge in [-0.25, -0.2) is 9.97 Å². The van der Waals surface area contributed by atoms with Gasteiger partial charge in [-0.2, -0.15) is 0 Å². The van der Waals surface area contributed by atoms with E-state index >= 15 is 0 Å². The van der Waals surface area contributed by atoms with E-state index in [0.29, 0.717) is 5.41 Å². The first kappa shape index (κ1) is 13.1. The van der Waals surface area contributed by atoms with E-state index in [9.17, 15) is 0 Å². The van der Waals surface area contributed by atoms with Crippen LogP contribution in [0.25, 0.3) is 0 Å². The van der Waals surface area contributed by atoms with E-state index in [1.54, 1.807) is 0 Å². The normalized spacial score (nSPS) is 20.6. The summed E-state index contributed by atoms with van der Waals surface area (Å²) in [7, 11) is 0. The molecule has 100 valence electrons. The minimum absolute atomic E-state index is 0.512.